The number of methoxy groups -OCH3 is 1. The van der Waals surface area contributed by atoms with E-state index in [1.165, 1.54) is 33.0 Å². The number of likely N-dealkylation sites (N-methyl/N-ethyl adjacent to an activating group) is 1. The molecule has 2 rings (SSSR count). The van der Waals surface area contributed by atoms with Crippen molar-refractivity contribution in [2.45, 2.75) is 31.2 Å². The molecule has 0 bridgehead atoms. The van der Waals surface area contributed by atoms with Gasteiger partial charge in [-0.3, -0.25) is 4.79 Å². The van der Waals surface area contributed by atoms with Crippen molar-refractivity contribution in [3.05, 3.63) is 0 Å². The first kappa shape index (κ1) is 14.8. The van der Waals surface area contributed by atoms with Crippen LogP contribution in [-0.2, 0) is 9.53 Å². The van der Waals surface area contributed by atoms with Crippen LogP contribution in [0.1, 0.15) is 25.7 Å². The molecule has 1 aliphatic heterocycles. The van der Waals surface area contributed by atoms with Gasteiger partial charge in [-0.05, 0) is 51.7 Å². The Bertz CT molecular complexity index is 314. The van der Waals surface area contributed by atoms with Crippen LogP contribution in [-0.4, -0.2) is 68.2 Å². The molecule has 1 heterocycles. The van der Waals surface area contributed by atoms with Crippen molar-refractivity contribution in [3.8, 4) is 0 Å². The molecule has 2 fully saturated rings. The summed E-state index contributed by atoms with van der Waals surface area (Å²) in [6, 6.07) is 0. The summed E-state index contributed by atoms with van der Waals surface area (Å²) in [5.74, 6) is 0.0391. The molecule has 1 unspecified atom stereocenters. The van der Waals surface area contributed by atoms with E-state index in [2.05, 4.69) is 9.80 Å². The molecule has 5 heteroatoms. The maximum Gasteiger partial charge on any atom is 0.327 e. The van der Waals surface area contributed by atoms with Crippen molar-refractivity contribution in [3.63, 3.8) is 0 Å². The molecule has 0 amide bonds. The minimum absolute atomic E-state index is 0.261. The number of carbonyl (C=O) groups is 1. The highest BCUT2D eigenvalue weighted by molar-refractivity contribution is 5.81. The molecular weight excluding hydrogens is 242 g/mol. The lowest BCUT2D eigenvalue weighted by Crippen LogP contribution is -2.58. The summed E-state index contributed by atoms with van der Waals surface area (Å²) in [6.07, 6.45) is 4.72. The third kappa shape index (κ3) is 3.68. The van der Waals surface area contributed by atoms with Crippen molar-refractivity contribution in [2.75, 3.05) is 46.9 Å². The largest absolute Gasteiger partial charge is 0.468 e. The number of nitrogens with two attached hydrogens (primary N) is 1. The number of hydrogen-bond donors (Lipinski definition) is 1. The van der Waals surface area contributed by atoms with E-state index in [1.54, 1.807) is 0 Å². The molecule has 0 aromatic carbocycles. The van der Waals surface area contributed by atoms with Gasteiger partial charge in [-0.15, -0.1) is 0 Å². The van der Waals surface area contributed by atoms with E-state index in [0.717, 1.165) is 25.9 Å². The van der Waals surface area contributed by atoms with E-state index in [-0.39, 0.29) is 5.97 Å². The molecule has 1 atom stereocenters. The van der Waals surface area contributed by atoms with Gasteiger partial charge in [-0.2, -0.15) is 0 Å². The Kier molecular flexibility index (Phi) is 4.81. The zero-order chi connectivity index (χ0) is 13.9. The van der Waals surface area contributed by atoms with Gasteiger partial charge < -0.3 is 20.3 Å². The normalized spacial score (nSPS) is 23.6. The Labute approximate surface area is 116 Å². The van der Waals surface area contributed by atoms with Crippen LogP contribution in [0.3, 0.4) is 0 Å². The van der Waals surface area contributed by atoms with Crippen LogP contribution >= 0.6 is 0 Å². The molecule has 0 radical (unpaired) electrons. The highest BCUT2D eigenvalue weighted by atomic mass is 16.5. The van der Waals surface area contributed by atoms with Gasteiger partial charge in [0, 0.05) is 19.6 Å². The summed E-state index contributed by atoms with van der Waals surface area (Å²) >= 11 is 0. The quantitative estimate of drug-likeness (QED) is 0.673. The number of nitrogens with zero attached hydrogens (tertiary/aromatic N) is 2. The summed E-state index contributed by atoms with van der Waals surface area (Å²) in [5.41, 5.74) is 5.50. The van der Waals surface area contributed by atoms with E-state index in [1.807, 2.05) is 7.05 Å². The minimum Gasteiger partial charge on any atom is -0.468 e. The second kappa shape index (κ2) is 6.20. The summed E-state index contributed by atoms with van der Waals surface area (Å²) in [6.45, 7) is 5.04. The van der Waals surface area contributed by atoms with Gasteiger partial charge in [0.05, 0.1) is 7.11 Å². The third-order valence-corrected chi connectivity index (χ3v) is 4.40. The van der Waals surface area contributed by atoms with E-state index in [4.69, 9.17) is 10.5 Å². The average molecular weight is 269 g/mol. The predicted molar refractivity (Wildman–Crippen MR) is 74.8 cm³/mol. The first-order valence-electron chi connectivity index (χ1n) is 7.34. The fraction of sp³-hybridized carbons (Fsp3) is 0.929. The van der Waals surface area contributed by atoms with Crippen LogP contribution < -0.4 is 5.73 Å². The van der Waals surface area contributed by atoms with Crippen LogP contribution in [0, 0.1) is 5.92 Å². The standard InChI is InChI=1S/C14H27N3O2/c1-16(9-10-17-7-3-4-8-17)11-14(15,12-5-6-12)13(18)19-2/h12H,3-11,15H2,1-2H3. The number of esters is 1. The molecular formula is C14H27N3O2. The maximum atomic E-state index is 11.9. The zero-order valence-electron chi connectivity index (χ0n) is 12.2. The Morgan fingerprint density at radius 1 is 1.42 bits per heavy atom. The number of likely N-dealkylation sites (tertiary alicyclic amines) is 1. The fourth-order valence-electron chi connectivity index (χ4n) is 2.99. The highest BCUT2D eigenvalue weighted by Gasteiger charge is 2.49. The maximum absolute atomic E-state index is 11.9. The monoisotopic (exact) mass is 269 g/mol. The van der Waals surface area contributed by atoms with Crippen LogP contribution in [0.5, 0.6) is 0 Å². The second-order valence-corrected chi connectivity index (χ2v) is 6.09. The van der Waals surface area contributed by atoms with Gasteiger partial charge in [-0.1, -0.05) is 0 Å². The predicted octanol–water partition coefficient (Wildman–Crippen LogP) is 0.295. The summed E-state index contributed by atoms with van der Waals surface area (Å²) in [4.78, 5) is 16.6. The van der Waals surface area contributed by atoms with Crippen LogP contribution in [0.25, 0.3) is 0 Å². The molecule has 1 saturated carbocycles. The van der Waals surface area contributed by atoms with E-state index >= 15 is 0 Å². The van der Waals surface area contributed by atoms with Gasteiger partial charge in [0.2, 0.25) is 0 Å². The lowest BCUT2D eigenvalue weighted by molar-refractivity contribution is -0.148. The Hall–Kier alpha value is -0.650. The third-order valence-electron chi connectivity index (χ3n) is 4.40. The first-order chi connectivity index (χ1) is 9.06. The Morgan fingerprint density at radius 3 is 2.58 bits per heavy atom. The summed E-state index contributed by atoms with van der Waals surface area (Å²) in [5, 5.41) is 0. The van der Waals surface area contributed by atoms with E-state index in [0.29, 0.717) is 12.5 Å². The summed E-state index contributed by atoms with van der Waals surface area (Å²) < 4.78 is 4.89. The lowest BCUT2D eigenvalue weighted by atomic mass is 9.94. The van der Waals surface area contributed by atoms with Crippen molar-refractivity contribution >= 4 is 5.97 Å². The van der Waals surface area contributed by atoms with Crippen molar-refractivity contribution in [1.29, 1.82) is 0 Å². The molecule has 1 aliphatic carbocycles. The van der Waals surface area contributed by atoms with E-state index in [9.17, 15) is 4.79 Å². The Balaban J connectivity index is 1.81. The van der Waals surface area contributed by atoms with Crippen LogP contribution in [0.15, 0.2) is 0 Å². The minimum atomic E-state index is -0.811. The van der Waals surface area contributed by atoms with Crippen LogP contribution in [0.2, 0.25) is 0 Å². The second-order valence-electron chi connectivity index (χ2n) is 6.09. The fourth-order valence-corrected chi connectivity index (χ4v) is 2.99. The van der Waals surface area contributed by atoms with Crippen LogP contribution in [0.4, 0.5) is 0 Å². The molecule has 2 N–H and O–H groups in total. The first-order valence-corrected chi connectivity index (χ1v) is 7.34. The molecule has 0 spiro atoms. The molecule has 0 aromatic heterocycles. The Morgan fingerprint density at radius 2 is 2.05 bits per heavy atom. The molecule has 1 saturated heterocycles. The van der Waals surface area contributed by atoms with Crippen molar-refractivity contribution in [2.24, 2.45) is 11.7 Å². The average Bonchev–Trinajstić information content (AvgIpc) is 3.13. The smallest absolute Gasteiger partial charge is 0.327 e. The lowest BCUT2D eigenvalue weighted by Gasteiger charge is -2.32. The molecule has 0 aromatic rings. The van der Waals surface area contributed by atoms with Crippen molar-refractivity contribution in [1.82, 2.24) is 9.80 Å². The number of ether oxygens (including phenoxy) is 1. The molecule has 2 aliphatic rings. The number of rotatable bonds is 7. The van der Waals surface area contributed by atoms with Gasteiger partial charge in [0.15, 0.2) is 0 Å². The number of carbonyl (C=O) groups excluding carboxylic acids is 1. The molecule has 19 heavy (non-hydrogen) atoms. The van der Waals surface area contributed by atoms with Gasteiger partial charge in [0.1, 0.15) is 5.54 Å². The molecule has 110 valence electrons. The highest BCUT2D eigenvalue weighted by Crippen LogP contribution is 2.39. The summed E-state index contributed by atoms with van der Waals surface area (Å²) in [7, 11) is 3.47. The van der Waals surface area contributed by atoms with Gasteiger partial charge >= 0.3 is 5.97 Å². The topological polar surface area (TPSA) is 58.8 Å². The zero-order valence-corrected chi connectivity index (χ0v) is 12.2. The van der Waals surface area contributed by atoms with Crippen molar-refractivity contribution < 1.29 is 9.53 Å². The van der Waals surface area contributed by atoms with E-state index < -0.39 is 5.54 Å². The molecule has 5 nitrogen and oxygen atoms in total. The van der Waals surface area contributed by atoms with Gasteiger partial charge in [0.25, 0.3) is 0 Å². The number of hydrogen-bond acceptors (Lipinski definition) is 5. The SMILES string of the molecule is COC(=O)C(N)(CN(C)CCN1CCCC1)C1CC1. The van der Waals surface area contributed by atoms with Gasteiger partial charge in [-0.25, -0.2) is 0 Å².